The molecule has 6 nitrogen and oxygen atoms in total. The average molecular weight is 605 g/mol. The fourth-order valence-corrected chi connectivity index (χ4v) is 4.78. The normalized spacial score (nSPS) is 11.0. The third-order valence-corrected chi connectivity index (χ3v) is 7.32. The van der Waals surface area contributed by atoms with Crippen LogP contribution in [0.3, 0.4) is 0 Å². The first-order chi connectivity index (χ1) is 21.9. The minimum atomic E-state index is -0.683. The largest absolute Gasteiger partial charge is 0.508 e. The zero-order chi connectivity index (χ0) is 32.0. The fourth-order valence-electron chi connectivity index (χ4n) is 4.78. The number of benzene rings is 4. The summed E-state index contributed by atoms with van der Waals surface area (Å²) in [5.41, 5.74) is 11.1. The highest BCUT2D eigenvalue weighted by Gasteiger charge is 2.10. The van der Waals surface area contributed by atoms with Gasteiger partial charge >= 0.3 is 12.3 Å². The summed E-state index contributed by atoms with van der Waals surface area (Å²) in [4.78, 5) is 22.9. The molecule has 6 heteroatoms. The van der Waals surface area contributed by atoms with E-state index < -0.39 is 12.3 Å². The summed E-state index contributed by atoms with van der Waals surface area (Å²) in [5, 5.41) is 0. The molecule has 4 aromatic rings. The van der Waals surface area contributed by atoms with Gasteiger partial charge in [0.15, 0.2) is 0 Å². The Morgan fingerprint density at radius 3 is 1.24 bits per heavy atom. The highest BCUT2D eigenvalue weighted by molar-refractivity contribution is 5.86. The van der Waals surface area contributed by atoms with E-state index >= 15 is 0 Å². The highest BCUT2D eigenvalue weighted by atomic mass is 16.7. The van der Waals surface area contributed by atoms with Crippen LogP contribution in [0, 0.1) is 13.8 Å². The Bertz CT molecular complexity index is 1550. The van der Waals surface area contributed by atoms with Crippen molar-refractivity contribution >= 4 is 23.5 Å². The van der Waals surface area contributed by atoms with Crippen LogP contribution in [0.5, 0.6) is 0 Å². The van der Waals surface area contributed by atoms with Gasteiger partial charge < -0.3 is 18.9 Å². The number of aryl methyl sites for hydroxylation is 2. The van der Waals surface area contributed by atoms with Crippen LogP contribution in [0.4, 0.5) is 9.59 Å². The van der Waals surface area contributed by atoms with Crippen molar-refractivity contribution in [1.29, 1.82) is 0 Å². The van der Waals surface area contributed by atoms with Crippen molar-refractivity contribution in [2.45, 2.75) is 33.6 Å². The second kappa shape index (κ2) is 16.7. The molecule has 0 saturated carbocycles. The molecule has 0 unspecified atom stereocenters. The minimum Gasteiger partial charge on any atom is -0.438 e. The minimum absolute atomic E-state index is 0.245. The van der Waals surface area contributed by atoms with Crippen LogP contribution in [0.1, 0.15) is 51.4 Å². The summed E-state index contributed by atoms with van der Waals surface area (Å²) in [5.74, 6) is 0. The van der Waals surface area contributed by atoms with Gasteiger partial charge in [0.2, 0.25) is 0 Å². The first-order valence-electron chi connectivity index (χ1n) is 15.1. The van der Waals surface area contributed by atoms with Gasteiger partial charge in [0.05, 0.1) is 26.9 Å². The molecule has 0 fully saturated rings. The Morgan fingerprint density at radius 2 is 0.889 bits per heavy atom. The first-order valence-corrected chi connectivity index (χ1v) is 15.1. The number of ether oxygens (including phenoxy) is 4. The predicted octanol–water partition coefficient (Wildman–Crippen LogP) is 8.91. The van der Waals surface area contributed by atoms with E-state index in [2.05, 4.69) is 128 Å². The van der Waals surface area contributed by atoms with Crippen molar-refractivity contribution in [3.05, 3.63) is 154 Å². The second-order valence-corrected chi connectivity index (χ2v) is 10.6. The molecule has 0 spiro atoms. The third kappa shape index (κ3) is 9.97. The standard InChI is InChI=1S/C39H40O6/c1-5-43-39(41)45-27-25-31-12-20-35(21-13-31)37(34-18-10-30(11-19-34)24-26-44-38(40)42-4)23-22-36(32-14-6-28(2)7-15-32)33-16-8-29(3)9-17-33/h6-23H,5,24-27H2,1-4H3. The molecule has 0 saturated heterocycles. The molecule has 232 valence electrons. The van der Waals surface area contributed by atoms with E-state index in [4.69, 9.17) is 14.2 Å². The third-order valence-electron chi connectivity index (χ3n) is 7.32. The number of methoxy groups -OCH3 is 1. The van der Waals surface area contributed by atoms with E-state index in [9.17, 15) is 9.59 Å². The molecule has 0 aliphatic carbocycles. The monoisotopic (exact) mass is 604 g/mol. The molecule has 0 atom stereocenters. The summed E-state index contributed by atoms with van der Waals surface area (Å²) in [6, 6.07) is 33.8. The molecule has 0 aliphatic heterocycles. The Balaban J connectivity index is 1.68. The zero-order valence-corrected chi connectivity index (χ0v) is 26.4. The molecule has 0 N–H and O–H groups in total. The van der Waals surface area contributed by atoms with E-state index in [0.29, 0.717) is 12.8 Å². The van der Waals surface area contributed by atoms with Crippen LogP contribution in [-0.2, 0) is 31.8 Å². The van der Waals surface area contributed by atoms with Crippen LogP contribution in [0.25, 0.3) is 11.1 Å². The predicted molar refractivity (Wildman–Crippen MR) is 178 cm³/mol. The van der Waals surface area contributed by atoms with Gasteiger partial charge in [-0.25, -0.2) is 9.59 Å². The molecule has 0 amide bonds. The molecule has 45 heavy (non-hydrogen) atoms. The smallest absolute Gasteiger partial charge is 0.438 e. The number of hydrogen-bond acceptors (Lipinski definition) is 6. The molecule has 4 rings (SSSR count). The van der Waals surface area contributed by atoms with Gasteiger partial charge in [-0.05, 0) is 65.3 Å². The van der Waals surface area contributed by atoms with Crippen molar-refractivity contribution in [3.8, 4) is 0 Å². The summed E-state index contributed by atoms with van der Waals surface area (Å²) >= 11 is 0. The summed E-state index contributed by atoms with van der Waals surface area (Å²) in [6.45, 7) is 6.72. The molecule has 0 radical (unpaired) electrons. The maximum atomic E-state index is 11.5. The first kappa shape index (κ1) is 32.8. The molecule has 0 bridgehead atoms. The van der Waals surface area contributed by atoms with E-state index in [-0.39, 0.29) is 19.8 Å². The van der Waals surface area contributed by atoms with Crippen molar-refractivity contribution in [2.75, 3.05) is 26.9 Å². The maximum absolute atomic E-state index is 11.5. The summed E-state index contributed by atoms with van der Waals surface area (Å²) in [7, 11) is 1.30. The van der Waals surface area contributed by atoms with Crippen LogP contribution in [0.2, 0.25) is 0 Å². The van der Waals surface area contributed by atoms with Gasteiger partial charge in [-0.2, -0.15) is 0 Å². The van der Waals surface area contributed by atoms with Crippen LogP contribution in [0.15, 0.2) is 109 Å². The van der Waals surface area contributed by atoms with Crippen LogP contribution >= 0.6 is 0 Å². The lowest BCUT2D eigenvalue weighted by Crippen LogP contribution is -2.09. The fraction of sp³-hybridized carbons (Fsp3) is 0.231. The number of carbonyl (C=O) groups excluding carboxylic acids is 2. The number of rotatable bonds is 12. The zero-order valence-electron chi connectivity index (χ0n) is 26.4. The molecule has 4 aromatic carbocycles. The van der Waals surface area contributed by atoms with Crippen LogP contribution < -0.4 is 0 Å². The van der Waals surface area contributed by atoms with Gasteiger partial charge in [-0.15, -0.1) is 0 Å². The van der Waals surface area contributed by atoms with Gasteiger partial charge in [-0.3, -0.25) is 0 Å². The maximum Gasteiger partial charge on any atom is 0.508 e. The van der Waals surface area contributed by atoms with E-state index in [1.807, 2.05) is 0 Å². The van der Waals surface area contributed by atoms with E-state index in [1.54, 1.807) is 6.92 Å². The molecular formula is C39H40O6. The SMILES string of the molecule is CCOC(=O)OCCc1ccc(C(=CC=C(c2ccc(C)cc2)c2ccc(C)cc2)c2ccc(CCOC(=O)OC)cc2)cc1. The summed E-state index contributed by atoms with van der Waals surface area (Å²) in [6.07, 6.45) is 4.20. The second-order valence-electron chi connectivity index (χ2n) is 10.6. The lowest BCUT2D eigenvalue weighted by atomic mass is 9.92. The quantitative estimate of drug-likeness (QED) is 0.119. The summed E-state index contributed by atoms with van der Waals surface area (Å²) < 4.78 is 19.6. The molecule has 0 aromatic heterocycles. The lowest BCUT2D eigenvalue weighted by molar-refractivity contribution is 0.0598. The van der Waals surface area contributed by atoms with Gasteiger partial charge in [-0.1, -0.05) is 120 Å². The van der Waals surface area contributed by atoms with Gasteiger partial charge in [0, 0.05) is 12.8 Å². The Kier molecular flexibility index (Phi) is 12.2. The molecule has 0 aliphatic rings. The number of allylic oxidation sites excluding steroid dienone is 2. The molecular weight excluding hydrogens is 564 g/mol. The average Bonchev–Trinajstić information content (AvgIpc) is 3.05. The van der Waals surface area contributed by atoms with E-state index in [1.165, 1.54) is 18.2 Å². The number of hydrogen-bond donors (Lipinski definition) is 0. The Morgan fingerprint density at radius 1 is 0.533 bits per heavy atom. The van der Waals surface area contributed by atoms with Crippen molar-refractivity contribution in [1.82, 2.24) is 0 Å². The van der Waals surface area contributed by atoms with Crippen molar-refractivity contribution in [3.63, 3.8) is 0 Å². The number of carbonyl (C=O) groups is 2. The molecule has 0 heterocycles. The van der Waals surface area contributed by atoms with E-state index in [0.717, 1.165) is 44.5 Å². The van der Waals surface area contributed by atoms with Gasteiger partial charge in [0.1, 0.15) is 0 Å². The van der Waals surface area contributed by atoms with Gasteiger partial charge in [0.25, 0.3) is 0 Å². The Hall–Kier alpha value is -5.10. The highest BCUT2D eigenvalue weighted by Crippen LogP contribution is 2.29. The van der Waals surface area contributed by atoms with Crippen molar-refractivity contribution < 1.29 is 28.5 Å². The van der Waals surface area contributed by atoms with Crippen molar-refractivity contribution in [2.24, 2.45) is 0 Å². The Labute approximate surface area is 265 Å². The topological polar surface area (TPSA) is 71.1 Å². The van der Waals surface area contributed by atoms with Crippen LogP contribution in [-0.4, -0.2) is 39.2 Å². The lowest BCUT2D eigenvalue weighted by Gasteiger charge is -2.13.